The minimum Gasteiger partial charge on any atom is -0.494 e. The van der Waals surface area contributed by atoms with Gasteiger partial charge in [0.15, 0.2) is 0 Å². The highest BCUT2D eigenvalue weighted by Gasteiger charge is 2.16. The molecular formula is C22H21ClN2O4S. The van der Waals surface area contributed by atoms with Crippen LogP contribution in [0.5, 0.6) is 5.75 Å². The topological polar surface area (TPSA) is 84.5 Å². The molecule has 0 aliphatic carbocycles. The van der Waals surface area contributed by atoms with Gasteiger partial charge in [0.1, 0.15) is 5.75 Å². The van der Waals surface area contributed by atoms with Crippen molar-refractivity contribution >= 4 is 33.2 Å². The quantitative estimate of drug-likeness (QED) is 0.536. The molecule has 6 nitrogen and oxygen atoms in total. The van der Waals surface area contributed by atoms with E-state index in [1.807, 2.05) is 31.2 Å². The lowest BCUT2D eigenvalue weighted by molar-refractivity contribution is 0.0951. The van der Waals surface area contributed by atoms with E-state index in [2.05, 4.69) is 10.0 Å². The molecule has 0 heterocycles. The van der Waals surface area contributed by atoms with Crippen molar-refractivity contribution < 1.29 is 17.9 Å². The monoisotopic (exact) mass is 444 g/mol. The number of sulfonamides is 1. The summed E-state index contributed by atoms with van der Waals surface area (Å²) in [6, 6.07) is 19.8. The van der Waals surface area contributed by atoms with Gasteiger partial charge in [-0.1, -0.05) is 41.9 Å². The standard InChI is InChI=1S/C22H21ClN2O4S/c1-2-29-18-11-8-16(9-12-18)15-24-22(26)17-10-13-21(20(23)14-17)25-30(27,28)19-6-4-3-5-7-19/h3-14,25H,2,15H2,1H3,(H,24,26). The summed E-state index contributed by atoms with van der Waals surface area (Å²) in [5, 5.41) is 2.94. The molecule has 0 radical (unpaired) electrons. The van der Waals surface area contributed by atoms with Crippen LogP contribution < -0.4 is 14.8 Å². The van der Waals surface area contributed by atoms with Gasteiger partial charge in [0.05, 0.1) is 22.2 Å². The van der Waals surface area contributed by atoms with Gasteiger partial charge in [-0.05, 0) is 55.0 Å². The van der Waals surface area contributed by atoms with Gasteiger partial charge in [-0.25, -0.2) is 8.42 Å². The fraction of sp³-hybridized carbons (Fsp3) is 0.136. The molecule has 3 aromatic carbocycles. The first kappa shape index (κ1) is 21.7. The van der Waals surface area contributed by atoms with Crippen molar-refractivity contribution in [1.29, 1.82) is 0 Å². The second kappa shape index (κ2) is 9.65. The van der Waals surface area contributed by atoms with Crippen molar-refractivity contribution in [3.05, 3.63) is 88.9 Å². The number of hydrogen-bond donors (Lipinski definition) is 2. The maximum atomic E-state index is 12.4. The molecule has 3 rings (SSSR count). The maximum absolute atomic E-state index is 12.4. The normalized spacial score (nSPS) is 11.0. The van der Waals surface area contributed by atoms with Crippen LogP contribution in [-0.4, -0.2) is 20.9 Å². The zero-order chi connectivity index (χ0) is 21.6. The molecule has 0 saturated carbocycles. The number of halogens is 1. The first-order valence-corrected chi connectivity index (χ1v) is 11.1. The predicted octanol–water partition coefficient (Wildman–Crippen LogP) is 4.47. The number of anilines is 1. The van der Waals surface area contributed by atoms with Gasteiger partial charge in [0, 0.05) is 12.1 Å². The molecule has 0 atom stereocenters. The highest BCUT2D eigenvalue weighted by molar-refractivity contribution is 7.92. The van der Waals surface area contributed by atoms with E-state index in [9.17, 15) is 13.2 Å². The van der Waals surface area contributed by atoms with E-state index in [-0.39, 0.29) is 21.5 Å². The first-order valence-electron chi connectivity index (χ1n) is 9.26. The summed E-state index contributed by atoms with van der Waals surface area (Å²) in [5.74, 6) is 0.455. The van der Waals surface area contributed by atoms with Crippen LogP contribution in [-0.2, 0) is 16.6 Å². The van der Waals surface area contributed by atoms with E-state index < -0.39 is 10.0 Å². The zero-order valence-electron chi connectivity index (χ0n) is 16.3. The number of hydrogen-bond acceptors (Lipinski definition) is 4. The Labute approximate surface area is 180 Å². The Morgan fingerprint density at radius 2 is 1.70 bits per heavy atom. The molecule has 0 fully saturated rings. The number of nitrogens with one attached hydrogen (secondary N) is 2. The molecule has 0 saturated heterocycles. The minimum atomic E-state index is -3.77. The lowest BCUT2D eigenvalue weighted by Gasteiger charge is -2.11. The summed E-state index contributed by atoms with van der Waals surface area (Å²) in [6.45, 7) is 2.84. The summed E-state index contributed by atoms with van der Waals surface area (Å²) in [6.07, 6.45) is 0. The van der Waals surface area contributed by atoms with Crippen molar-refractivity contribution in [2.24, 2.45) is 0 Å². The molecular weight excluding hydrogens is 424 g/mol. The lowest BCUT2D eigenvalue weighted by Crippen LogP contribution is -2.23. The fourth-order valence-electron chi connectivity index (χ4n) is 2.70. The second-order valence-corrected chi connectivity index (χ2v) is 8.46. The smallest absolute Gasteiger partial charge is 0.261 e. The molecule has 0 spiro atoms. The molecule has 1 amide bonds. The molecule has 30 heavy (non-hydrogen) atoms. The molecule has 3 aromatic rings. The number of ether oxygens (including phenoxy) is 1. The molecule has 8 heteroatoms. The number of carbonyl (C=O) groups is 1. The number of benzene rings is 3. The van der Waals surface area contributed by atoms with Crippen molar-refractivity contribution in [2.45, 2.75) is 18.4 Å². The largest absolute Gasteiger partial charge is 0.494 e. The van der Waals surface area contributed by atoms with Gasteiger partial charge in [-0.2, -0.15) is 0 Å². The van der Waals surface area contributed by atoms with Crippen molar-refractivity contribution in [2.75, 3.05) is 11.3 Å². The molecule has 0 bridgehead atoms. The van der Waals surface area contributed by atoms with Gasteiger partial charge in [-0.15, -0.1) is 0 Å². The highest BCUT2D eigenvalue weighted by Crippen LogP contribution is 2.26. The molecule has 0 unspecified atom stereocenters. The van der Waals surface area contributed by atoms with E-state index in [0.29, 0.717) is 18.7 Å². The van der Waals surface area contributed by atoms with Crippen LogP contribution in [0.1, 0.15) is 22.8 Å². The molecule has 2 N–H and O–H groups in total. The SMILES string of the molecule is CCOc1ccc(CNC(=O)c2ccc(NS(=O)(=O)c3ccccc3)c(Cl)c2)cc1. The van der Waals surface area contributed by atoms with E-state index in [1.54, 1.807) is 18.2 Å². The zero-order valence-corrected chi connectivity index (χ0v) is 17.8. The van der Waals surface area contributed by atoms with Gasteiger partial charge < -0.3 is 10.1 Å². The van der Waals surface area contributed by atoms with E-state index in [0.717, 1.165) is 11.3 Å². The Hall–Kier alpha value is -3.03. The molecule has 0 aliphatic heterocycles. The van der Waals surface area contributed by atoms with E-state index in [4.69, 9.17) is 16.3 Å². The lowest BCUT2D eigenvalue weighted by atomic mass is 10.1. The van der Waals surface area contributed by atoms with Crippen LogP contribution in [0.25, 0.3) is 0 Å². The minimum absolute atomic E-state index is 0.123. The van der Waals surface area contributed by atoms with Crippen molar-refractivity contribution in [3.63, 3.8) is 0 Å². The van der Waals surface area contributed by atoms with E-state index >= 15 is 0 Å². The summed E-state index contributed by atoms with van der Waals surface area (Å²) in [5.41, 5.74) is 1.45. The third kappa shape index (κ3) is 5.52. The van der Waals surface area contributed by atoms with Crippen LogP contribution in [0, 0.1) is 0 Å². The summed E-state index contributed by atoms with van der Waals surface area (Å²) in [4.78, 5) is 12.5. The Morgan fingerprint density at radius 3 is 2.33 bits per heavy atom. The van der Waals surface area contributed by atoms with Crippen LogP contribution in [0.3, 0.4) is 0 Å². The third-order valence-electron chi connectivity index (χ3n) is 4.22. The third-order valence-corrected chi connectivity index (χ3v) is 5.91. The predicted molar refractivity (Wildman–Crippen MR) is 117 cm³/mol. The van der Waals surface area contributed by atoms with Crippen LogP contribution >= 0.6 is 11.6 Å². The second-order valence-electron chi connectivity index (χ2n) is 6.37. The Balaban J connectivity index is 1.65. The average Bonchev–Trinajstić information content (AvgIpc) is 2.75. The van der Waals surface area contributed by atoms with E-state index in [1.165, 1.54) is 30.3 Å². The summed E-state index contributed by atoms with van der Waals surface area (Å²) >= 11 is 6.21. The Bertz CT molecular complexity index is 1120. The fourth-order valence-corrected chi connectivity index (χ4v) is 4.08. The first-order chi connectivity index (χ1) is 14.4. The number of rotatable bonds is 8. The van der Waals surface area contributed by atoms with Crippen LogP contribution in [0.2, 0.25) is 5.02 Å². The highest BCUT2D eigenvalue weighted by atomic mass is 35.5. The van der Waals surface area contributed by atoms with Crippen LogP contribution in [0.15, 0.2) is 77.7 Å². The van der Waals surface area contributed by atoms with Crippen molar-refractivity contribution in [3.8, 4) is 5.75 Å². The van der Waals surface area contributed by atoms with Gasteiger partial charge >= 0.3 is 0 Å². The average molecular weight is 445 g/mol. The van der Waals surface area contributed by atoms with Crippen LogP contribution in [0.4, 0.5) is 5.69 Å². The maximum Gasteiger partial charge on any atom is 0.261 e. The Kier molecular flexibility index (Phi) is 6.97. The van der Waals surface area contributed by atoms with Gasteiger partial charge in [-0.3, -0.25) is 9.52 Å². The Morgan fingerprint density at radius 1 is 1.00 bits per heavy atom. The number of carbonyl (C=O) groups excluding carboxylic acids is 1. The summed E-state index contributed by atoms with van der Waals surface area (Å²) in [7, 11) is -3.77. The van der Waals surface area contributed by atoms with Gasteiger partial charge in [0.25, 0.3) is 15.9 Å². The molecule has 156 valence electrons. The van der Waals surface area contributed by atoms with Gasteiger partial charge in [0.2, 0.25) is 0 Å². The number of amides is 1. The summed E-state index contributed by atoms with van der Waals surface area (Å²) < 4.78 is 32.7. The van der Waals surface area contributed by atoms with Crippen molar-refractivity contribution in [1.82, 2.24) is 5.32 Å². The molecule has 0 aliphatic rings. The molecule has 0 aromatic heterocycles.